The van der Waals surface area contributed by atoms with Crippen molar-refractivity contribution in [3.8, 4) is 11.4 Å². The first-order valence-electron chi connectivity index (χ1n) is 6.20. The van der Waals surface area contributed by atoms with Gasteiger partial charge in [-0.05, 0) is 43.2 Å². The molecule has 0 aliphatic rings. The highest BCUT2D eigenvalue weighted by Gasteiger charge is 2.11. The number of hydrogen-bond donors (Lipinski definition) is 0. The number of aldehydes is 1. The third kappa shape index (κ3) is 1.83. The van der Waals surface area contributed by atoms with Crippen LogP contribution in [0.2, 0.25) is 0 Å². The van der Waals surface area contributed by atoms with Crippen LogP contribution in [-0.4, -0.2) is 15.7 Å². The predicted molar refractivity (Wildman–Crippen MR) is 75.5 cm³/mol. The quantitative estimate of drug-likeness (QED) is 0.653. The topological polar surface area (TPSA) is 34.4 Å². The number of rotatable bonds is 2. The van der Waals surface area contributed by atoms with Crippen LogP contribution in [0, 0.1) is 13.8 Å². The normalized spacial score (nSPS) is 10.8. The Hall–Kier alpha value is -2.42. The Morgan fingerprint density at radius 2 is 1.95 bits per heavy atom. The van der Waals surface area contributed by atoms with Crippen molar-refractivity contribution in [2.45, 2.75) is 13.8 Å². The molecule has 0 aliphatic carbocycles. The molecule has 0 spiro atoms. The Morgan fingerprint density at radius 1 is 1.11 bits per heavy atom. The number of carbonyl (C=O) groups is 1. The van der Waals surface area contributed by atoms with Gasteiger partial charge in [0.05, 0.1) is 5.52 Å². The summed E-state index contributed by atoms with van der Waals surface area (Å²) in [4.78, 5) is 15.6. The molecular weight excluding hydrogens is 236 g/mol. The van der Waals surface area contributed by atoms with Crippen LogP contribution in [0.3, 0.4) is 0 Å². The summed E-state index contributed by atoms with van der Waals surface area (Å²) >= 11 is 0. The van der Waals surface area contributed by atoms with Crippen molar-refractivity contribution < 1.29 is 4.79 Å². The molecule has 94 valence electrons. The summed E-state index contributed by atoms with van der Waals surface area (Å²) in [5, 5.41) is 0. The van der Waals surface area contributed by atoms with Gasteiger partial charge >= 0.3 is 0 Å². The number of carbonyl (C=O) groups excluding carboxylic acids is 1. The first-order chi connectivity index (χ1) is 9.20. The maximum absolute atomic E-state index is 11.1. The molecule has 0 atom stereocenters. The molecule has 0 saturated carbocycles. The third-order valence-corrected chi connectivity index (χ3v) is 3.45. The molecule has 1 aromatic carbocycles. The van der Waals surface area contributed by atoms with E-state index in [1.54, 1.807) is 0 Å². The second-order valence-electron chi connectivity index (χ2n) is 4.69. The van der Waals surface area contributed by atoms with E-state index >= 15 is 0 Å². The zero-order chi connectivity index (χ0) is 13.4. The van der Waals surface area contributed by atoms with Crippen molar-refractivity contribution in [2.24, 2.45) is 0 Å². The van der Waals surface area contributed by atoms with Gasteiger partial charge in [-0.25, -0.2) is 4.98 Å². The van der Waals surface area contributed by atoms with Crippen LogP contribution in [0.4, 0.5) is 0 Å². The summed E-state index contributed by atoms with van der Waals surface area (Å²) in [6, 6.07) is 12.0. The minimum atomic E-state index is 0.480. The molecule has 0 saturated heterocycles. The summed E-state index contributed by atoms with van der Waals surface area (Å²) < 4.78 is 1.95. The summed E-state index contributed by atoms with van der Waals surface area (Å²) in [5.41, 5.74) is 4.81. The molecule has 0 radical (unpaired) electrons. The van der Waals surface area contributed by atoms with Crippen LogP contribution in [0.15, 0.2) is 42.6 Å². The summed E-state index contributed by atoms with van der Waals surface area (Å²) in [5.74, 6) is 0.806. The molecule has 0 bridgehead atoms. The van der Waals surface area contributed by atoms with E-state index in [0.29, 0.717) is 5.69 Å². The summed E-state index contributed by atoms with van der Waals surface area (Å²) in [6.07, 6.45) is 2.74. The van der Waals surface area contributed by atoms with E-state index in [0.717, 1.165) is 23.2 Å². The van der Waals surface area contributed by atoms with Crippen LogP contribution >= 0.6 is 0 Å². The Morgan fingerprint density at radius 3 is 2.68 bits per heavy atom. The average Bonchev–Trinajstić information content (AvgIpc) is 2.81. The molecule has 3 heteroatoms. The van der Waals surface area contributed by atoms with Gasteiger partial charge in [-0.1, -0.05) is 18.2 Å². The van der Waals surface area contributed by atoms with E-state index in [9.17, 15) is 4.79 Å². The fourth-order valence-electron chi connectivity index (χ4n) is 2.23. The van der Waals surface area contributed by atoms with Gasteiger partial charge in [-0.3, -0.25) is 9.20 Å². The zero-order valence-corrected chi connectivity index (χ0v) is 10.9. The lowest BCUT2D eigenvalue weighted by Gasteiger charge is -2.04. The minimum absolute atomic E-state index is 0.480. The third-order valence-electron chi connectivity index (χ3n) is 3.45. The molecule has 0 fully saturated rings. The molecule has 0 N–H and O–H groups in total. The first-order valence-corrected chi connectivity index (χ1v) is 6.20. The second kappa shape index (κ2) is 4.35. The van der Waals surface area contributed by atoms with Gasteiger partial charge in [0.1, 0.15) is 11.5 Å². The SMILES string of the molecule is Cc1ccc(-c2nc(C=O)c3ccccn23)cc1C. The highest BCUT2D eigenvalue weighted by atomic mass is 16.1. The number of aryl methyl sites for hydroxylation is 2. The van der Waals surface area contributed by atoms with Crippen LogP contribution in [0.5, 0.6) is 0 Å². The van der Waals surface area contributed by atoms with Crippen LogP contribution in [-0.2, 0) is 0 Å². The van der Waals surface area contributed by atoms with Crippen molar-refractivity contribution in [2.75, 3.05) is 0 Å². The van der Waals surface area contributed by atoms with Crippen LogP contribution < -0.4 is 0 Å². The van der Waals surface area contributed by atoms with Crippen molar-refractivity contribution in [1.82, 2.24) is 9.38 Å². The predicted octanol–water partition coefficient (Wildman–Crippen LogP) is 3.43. The molecule has 0 amide bonds. The van der Waals surface area contributed by atoms with E-state index in [2.05, 4.69) is 31.0 Å². The lowest BCUT2D eigenvalue weighted by atomic mass is 10.1. The number of nitrogens with zero attached hydrogens (tertiary/aromatic N) is 2. The fraction of sp³-hybridized carbons (Fsp3) is 0.125. The molecule has 3 aromatic rings. The Bertz CT molecular complexity index is 772. The van der Waals surface area contributed by atoms with Gasteiger partial charge in [0.25, 0.3) is 0 Å². The number of imidazole rings is 1. The standard InChI is InChI=1S/C16H14N2O/c1-11-6-7-13(9-12(11)2)16-17-14(10-19)15-5-3-4-8-18(15)16/h3-10H,1-2H3. The van der Waals surface area contributed by atoms with Gasteiger partial charge in [-0.15, -0.1) is 0 Å². The lowest BCUT2D eigenvalue weighted by Crippen LogP contribution is -1.90. The minimum Gasteiger partial charge on any atom is -0.299 e. The Balaban J connectivity index is 2.30. The molecule has 3 rings (SSSR count). The van der Waals surface area contributed by atoms with E-state index in [4.69, 9.17) is 0 Å². The van der Waals surface area contributed by atoms with Gasteiger partial charge in [0.15, 0.2) is 6.29 Å². The molecule has 2 heterocycles. The van der Waals surface area contributed by atoms with E-state index < -0.39 is 0 Å². The van der Waals surface area contributed by atoms with Crippen molar-refractivity contribution >= 4 is 11.8 Å². The van der Waals surface area contributed by atoms with E-state index in [1.807, 2.05) is 34.9 Å². The lowest BCUT2D eigenvalue weighted by molar-refractivity contribution is 0.112. The summed E-state index contributed by atoms with van der Waals surface area (Å²) in [6.45, 7) is 4.16. The van der Waals surface area contributed by atoms with Gasteiger partial charge in [0.2, 0.25) is 0 Å². The average molecular weight is 250 g/mol. The number of pyridine rings is 1. The largest absolute Gasteiger partial charge is 0.299 e. The maximum Gasteiger partial charge on any atom is 0.170 e. The van der Waals surface area contributed by atoms with Gasteiger partial charge in [-0.2, -0.15) is 0 Å². The first kappa shape index (κ1) is 11.7. The molecule has 3 nitrogen and oxygen atoms in total. The highest BCUT2D eigenvalue weighted by Crippen LogP contribution is 2.24. The Labute approximate surface area is 111 Å². The Kier molecular flexibility index (Phi) is 2.67. The summed E-state index contributed by atoms with van der Waals surface area (Å²) in [7, 11) is 0. The smallest absolute Gasteiger partial charge is 0.170 e. The maximum atomic E-state index is 11.1. The molecule has 19 heavy (non-hydrogen) atoms. The van der Waals surface area contributed by atoms with Crippen molar-refractivity contribution in [3.63, 3.8) is 0 Å². The number of aromatic nitrogens is 2. The monoisotopic (exact) mass is 250 g/mol. The van der Waals surface area contributed by atoms with Crippen LogP contribution in [0.25, 0.3) is 16.9 Å². The molecular formula is C16H14N2O. The zero-order valence-electron chi connectivity index (χ0n) is 10.9. The number of hydrogen-bond acceptors (Lipinski definition) is 2. The van der Waals surface area contributed by atoms with E-state index in [1.165, 1.54) is 11.1 Å². The molecule has 0 unspecified atom stereocenters. The van der Waals surface area contributed by atoms with E-state index in [-0.39, 0.29) is 0 Å². The number of benzene rings is 1. The molecule has 2 aromatic heterocycles. The van der Waals surface area contributed by atoms with Crippen molar-refractivity contribution in [1.29, 1.82) is 0 Å². The van der Waals surface area contributed by atoms with Crippen LogP contribution in [0.1, 0.15) is 21.6 Å². The molecule has 0 aliphatic heterocycles. The van der Waals surface area contributed by atoms with Gasteiger partial charge in [0, 0.05) is 11.8 Å². The second-order valence-corrected chi connectivity index (χ2v) is 4.69. The fourth-order valence-corrected chi connectivity index (χ4v) is 2.23. The van der Waals surface area contributed by atoms with Crippen molar-refractivity contribution in [3.05, 3.63) is 59.4 Å². The number of fused-ring (bicyclic) bond motifs is 1. The van der Waals surface area contributed by atoms with Gasteiger partial charge < -0.3 is 0 Å². The highest BCUT2D eigenvalue weighted by molar-refractivity contribution is 5.86.